The van der Waals surface area contributed by atoms with Gasteiger partial charge in [0.1, 0.15) is 11.5 Å². The lowest BCUT2D eigenvalue weighted by atomic mass is 10.1. The van der Waals surface area contributed by atoms with Crippen molar-refractivity contribution in [1.29, 1.82) is 0 Å². The molecule has 1 N–H and O–H groups in total. The molecule has 0 radical (unpaired) electrons. The van der Waals surface area contributed by atoms with Crippen LogP contribution in [0.2, 0.25) is 0 Å². The van der Waals surface area contributed by atoms with Crippen LogP contribution in [0.15, 0.2) is 42.5 Å². The van der Waals surface area contributed by atoms with Crippen LogP contribution in [0.4, 0.5) is 5.69 Å². The third-order valence-corrected chi connectivity index (χ3v) is 4.98. The molecule has 0 fully saturated rings. The van der Waals surface area contributed by atoms with Gasteiger partial charge in [0.05, 0.1) is 13.5 Å². The van der Waals surface area contributed by atoms with Crippen molar-refractivity contribution in [3.63, 3.8) is 0 Å². The van der Waals surface area contributed by atoms with Crippen LogP contribution in [-0.4, -0.2) is 36.5 Å². The van der Waals surface area contributed by atoms with Crippen LogP contribution in [0.25, 0.3) is 0 Å². The third-order valence-electron chi connectivity index (χ3n) is 4.98. The molecule has 1 heterocycles. The molecule has 1 unspecified atom stereocenters. The second kappa shape index (κ2) is 8.78. The molecule has 6 nitrogen and oxygen atoms in total. The molecule has 1 aliphatic heterocycles. The maximum absolute atomic E-state index is 12.4. The Labute approximate surface area is 165 Å². The van der Waals surface area contributed by atoms with Crippen LogP contribution in [0.3, 0.4) is 0 Å². The van der Waals surface area contributed by atoms with Crippen LogP contribution < -0.4 is 14.8 Å². The van der Waals surface area contributed by atoms with Gasteiger partial charge in [0.2, 0.25) is 5.91 Å². The first kappa shape index (κ1) is 19.7. The Hall–Kier alpha value is -3.02. The Morgan fingerprint density at radius 2 is 2.11 bits per heavy atom. The first-order valence-corrected chi connectivity index (χ1v) is 9.48. The first-order chi connectivity index (χ1) is 13.5. The Bertz CT molecular complexity index is 865. The fraction of sp³-hybridized carbons (Fsp3) is 0.364. The van der Waals surface area contributed by atoms with E-state index >= 15 is 0 Å². The molecule has 2 aromatic rings. The molecule has 28 heavy (non-hydrogen) atoms. The highest BCUT2D eigenvalue weighted by molar-refractivity contribution is 5.92. The van der Waals surface area contributed by atoms with E-state index in [2.05, 4.69) is 12.2 Å². The van der Waals surface area contributed by atoms with Gasteiger partial charge in [-0.15, -0.1) is 0 Å². The molecule has 3 rings (SSSR count). The predicted octanol–water partition coefficient (Wildman–Crippen LogP) is 3.40. The second-order valence-electron chi connectivity index (χ2n) is 6.97. The van der Waals surface area contributed by atoms with Gasteiger partial charge in [0.25, 0.3) is 5.91 Å². The van der Waals surface area contributed by atoms with Gasteiger partial charge in [0.15, 0.2) is 6.61 Å². The van der Waals surface area contributed by atoms with E-state index in [-0.39, 0.29) is 30.9 Å². The quantitative estimate of drug-likeness (QED) is 0.832. The van der Waals surface area contributed by atoms with Gasteiger partial charge in [-0.1, -0.05) is 19.1 Å². The van der Waals surface area contributed by atoms with E-state index in [1.54, 1.807) is 13.2 Å². The van der Waals surface area contributed by atoms with E-state index in [4.69, 9.17) is 9.47 Å². The van der Waals surface area contributed by atoms with E-state index in [1.165, 1.54) is 0 Å². The summed E-state index contributed by atoms with van der Waals surface area (Å²) in [5.74, 6) is 1.28. The summed E-state index contributed by atoms with van der Waals surface area (Å²) in [7, 11) is 1.60. The maximum atomic E-state index is 12.4. The molecule has 0 bridgehead atoms. The van der Waals surface area contributed by atoms with Crippen LogP contribution in [0.5, 0.6) is 11.5 Å². The summed E-state index contributed by atoms with van der Waals surface area (Å²) in [6, 6.07) is 13.1. The van der Waals surface area contributed by atoms with Gasteiger partial charge in [-0.2, -0.15) is 0 Å². The molecule has 0 aromatic heterocycles. The Morgan fingerprint density at radius 1 is 1.29 bits per heavy atom. The van der Waals surface area contributed by atoms with Crippen molar-refractivity contribution in [2.45, 2.75) is 39.3 Å². The number of hydrogen-bond donors (Lipinski definition) is 1. The van der Waals surface area contributed by atoms with Crippen molar-refractivity contribution in [1.82, 2.24) is 4.90 Å². The normalized spacial score (nSPS) is 14.5. The summed E-state index contributed by atoms with van der Waals surface area (Å²) < 4.78 is 10.8. The van der Waals surface area contributed by atoms with Crippen molar-refractivity contribution in [3.05, 3.63) is 53.6 Å². The SMILES string of the molecule is CCC(C)N1Cc2cc(NC(=O)Cc3cccc(OC)c3)ccc2OCC1=O. The molecule has 0 spiro atoms. The lowest BCUT2D eigenvalue weighted by Gasteiger charge is -2.26. The number of ether oxygens (including phenoxy) is 2. The van der Waals surface area contributed by atoms with Gasteiger partial charge in [-0.25, -0.2) is 0 Å². The third kappa shape index (κ3) is 4.63. The molecule has 0 saturated carbocycles. The number of amides is 2. The highest BCUT2D eigenvalue weighted by Gasteiger charge is 2.25. The molecule has 1 atom stereocenters. The highest BCUT2D eigenvalue weighted by atomic mass is 16.5. The minimum atomic E-state index is -0.113. The summed E-state index contributed by atoms with van der Waals surface area (Å²) >= 11 is 0. The van der Waals surface area contributed by atoms with Crippen LogP contribution in [0.1, 0.15) is 31.4 Å². The Balaban J connectivity index is 1.72. The van der Waals surface area contributed by atoms with Crippen LogP contribution in [0, 0.1) is 0 Å². The topological polar surface area (TPSA) is 67.9 Å². The van der Waals surface area contributed by atoms with Crippen molar-refractivity contribution >= 4 is 17.5 Å². The van der Waals surface area contributed by atoms with Gasteiger partial charge < -0.3 is 19.7 Å². The minimum Gasteiger partial charge on any atom is -0.497 e. The summed E-state index contributed by atoms with van der Waals surface area (Å²) in [5, 5.41) is 2.93. The number of benzene rings is 2. The summed E-state index contributed by atoms with van der Waals surface area (Å²) in [4.78, 5) is 26.6. The molecule has 0 aliphatic carbocycles. The molecule has 0 saturated heterocycles. The predicted molar refractivity (Wildman–Crippen MR) is 108 cm³/mol. The zero-order chi connectivity index (χ0) is 20.1. The molecule has 148 valence electrons. The number of nitrogens with one attached hydrogen (secondary N) is 1. The van der Waals surface area contributed by atoms with Crippen molar-refractivity contribution in [2.75, 3.05) is 19.0 Å². The summed E-state index contributed by atoms with van der Waals surface area (Å²) in [6.45, 7) is 4.60. The highest BCUT2D eigenvalue weighted by Crippen LogP contribution is 2.28. The Kier molecular flexibility index (Phi) is 6.19. The average Bonchev–Trinajstić information content (AvgIpc) is 2.86. The molecule has 6 heteroatoms. The molecular weight excluding hydrogens is 356 g/mol. The van der Waals surface area contributed by atoms with Crippen molar-refractivity contribution < 1.29 is 19.1 Å². The van der Waals surface area contributed by atoms with Gasteiger partial charge in [-0.3, -0.25) is 9.59 Å². The summed E-state index contributed by atoms with van der Waals surface area (Å²) in [5.41, 5.74) is 2.46. The fourth-order valence-electron chi connectivity index (χ4n) is 3.21. The van der Waals surface area contributed by atoms with E-state index in [0.29, 0.717) is 18.0 Å². The number of anilines is 1. The first-order valence-electron chi connectivity index (χ1n) is 9.48. The molecule has 2 amide bonds. The number of fused-ring (bicyclic) bond motifs is 1. The van der Waals surface area contributed by atoms with Crippen molar-refractivity contribution in [2.24, 2.45) is 0 Å². The zero-order valence-electron chi connectivity index (χ0n) is 16.5. The van der Waals surface area contributed by atoms with Crippen molar-refractivity contribution in [3.8, 4) is 11.5 Å². The molecular formula is C22H26N2O4. The largest absolute Gasteiger partial charge is 0.497 e. The monoisotopic (exact) mass is 382 g/mol. The van der Waals surface area contributed by atoms with E-state index in [0.717, 1.165) is 23.3 Å². The number of methoxy groups -OCH3 is 1. The molecule has 2 aromatic carbocycles. The number of hydrogen-bond acceptors (Lipinski definition) is 4. The van der Waals surface area contributed by atoms with E-state index < -0.39 is 0 Å². The number of carbonyl (C=O) groups is 2. The molecule has 1 aliphatic rings. The zero-order valence-corrected chi connectivity index (χ0v) is 16.5. The van der Waals surface area contributed by atoms with Gasteiger partial charge >= 0.3 is 0 Å². The standard InChI is InChI=1S/C22H26N2O4/c1-4-15(2)24-13-17-12-18(8-9-20(17)28-14-22(24)26)23-21(25)11-16-6-5-7-19(10-16)27-3/h5-10,12,15H,4,11,13-14H2,1-3H3,(H,23,25). The minimum absolute atomic E-state index is 0.0193. The second-order valence-corrected chi connectivity index (χ2v) is 6.97. The lowest BCUT2D eigenvalue weighted by molar-refractivity contribution is -0.135. The lowest BCUT2D eigenvalue weighted by Crippen LogP contribution is -2.39. The number of rotatable bonds is 6. The number of carbonyl (C=O) groups excluding carboxylic acids is 2. The van der Waals surface area contributed by atoms with E-state index in [1.807, 2.05) is 48.2 Å². The van der Waals surface area contributed by atoms with Crippen LogP contribution >= 0.6 is 0 Å². The van der Waals surface area contributed by atoms with E-state index in [9.17, 15) is 9.59 Å². The fourth-order valence-corrected chi connectivity index (χ4v) is 3.21. The smallest absolute Gasteiger partial charge is 0.261 e. The van der Waals surface area contributed by atoms with Crippen LogP contribution in [-0.2, 0) is 22.6 Å². The average molecular weight is 382 g/mol. The Morgan fingerprint density at radius 3 is 2.86 bits per heavy atom. The van der Waals surface area contributed by atoms with Gasteiger partial charge in [0, 0.05) is 23.8 Å². The van der Waals surface area contributed by atoms with Gasteiger partial charge in [-0.05, 0) is 49.2 Å². The maximum Gasteiger partial charge on any atom is 0.261 e. The number of nitrogens with zero attached hydrogens (tertiary/aromatic N) is 1. The summed E-state index contributed by atoms with van der Waals surface area (Å²) in [6.07, 6.45) is 1.13.